The summed E-state index contributed by atoms with van der Waals surface area (Å²) in [6.07, 6.45) is 1.95. The third-order valence-electron chi connectivity index (χ3n) is 0.931. The van der Waals surface area contributed by atoms with Gasteiger partial charge < -0.3 is 4.74 Å². The monoisotopic (exact) mass is 127 g/mol. The fraction of sp³-hybridized carbons (Fsp3) is 0.625. The molecule has 0 aliphatic heterocycles. The highest BCUT2D eigenvalue weighted by molar-refractivity contribution is 4.87. The predicted molar refractivity (Wildman–Crippen MR) is 40.0 cm³/mol. The maximum atomic E-state index is 5.11. The number of hydrogen-bond donors (Lipinski definition) is 0. The van der Waals surface area contributed by atoms with Crippen molar-refractivity contribution in [2.24, 2.45) is 0 Å². The van der Waals surface area contributed by atoms with Crippen molar-refractivity contribution >= 4 is 0 Å². The number of rotatable bonds is 5. The fourth-order valence-electron chi connectivity index (χ4n) is 0.434. The van der Waals surface area contributed by atoms with E-state index in [0.717, 1.165) is 19.4 Å². The van der Waals surface area contributed by atoms with Gasteiger partial charge in [-0.15, -0.1) is 6.58 Å². The van der Waals surface area contributed by atoms with Gasteiger partial charge >= 0.3 is 0 Å². The lowest BCUT2D eigenvalue weighted by atomic mass is 10.3. The van der Waals surface area contributed by atoms with Crippen LogP contribution in [0.4, 0.5) is 0 Å². The first kappa shape index (κ1) is 8.70. The smallest absolute Gasteiger partial charge is 0.0834 e. The second kappa shape index (κ2) is 5.83. The van der Waals surface area contributed by atoms with Crippen LogP contribution < -0.4 is 0 Å². The van der Waals surface area contributed by atoms with Crippen molar-refractivity contribution in [2.75, 3.05) is 6.61 Å². The fourth-order valence-corrected chi connectivity index (χ4v) is 0.434. The van der Waals surface area contributed by atoms with Gasteiger partial charge in [0.1, 0.15) is 0 Å². The third kappa shape index (κ3) is 7.70. The minimum Gasteiger partial charge on any atom is -0.375 e. The van der Waals surface area contributed by atoms with E-state index in [2.05, 4.69) is 13.5 Å². The van der Waals surface area contributed by atoms with E-state index in [1.807, 2.05) is 13.5 Å². The number of ether oxygens (including phenoxy) is 1. The Morgan fingerprint density at radius 1 is 1.67 bits per heavy atom. The van der Waals surface area contributed by atoms with Crippen molar-refractivity contribution in [1.29, 1.82) is 0 Å². The second-order valence-corrected chi connectivity index (χ2v) is 2.15. The molecule has 0 aliphatic rings. The van der Waals surface area contributed by atoms with E-state index in [4.69, 9.17) is 4.74 Å². The van der Waals surface area contributed by atoms with E-state index in [9.17, 15) is 0 Å². The summed E-state index contributed by atoms with van der Waals surface area (Å²) in [5.74, 6) is 0. The van der Waals surface area contributed by atoms with E-state index in [1.54, 1.807) is 0 Å². The van der Waals surface area contributed by atoms with Crippen LogP contribution in [-0.4, -0.2) is 6.61 Å². The van der Waals surface area contributed by atoms with Gasteiger partial charge in [-0.1, -0.05) is 12.5 Å². The van der Waals surface area contributed by atoms with Gasteiger partial charge in [-0.2, -0.15) is 0 Å². The van der Waals surface area contributed by atoms with Crippen LogP contribution in [0.3, 0.4) is 0 Å². The van der Waals surface area contributed by atoms with Crippen molar-refractivity contribution in [1.82, 2.24) is 0 Å². The highest BCUT2D eigenvalue weighted by Crippen LogP contribution is 1.96. The summed E-state index contributed by atoms with van der Waals surface area (Å²) in [7, 11) is 0. The van der Waals surface area contributed by atoms with Crippen LogP contribution >= 0.6 is 0 Å². The summed E-state index contributed by atoms with van der Waals surface area (Å²) in [5.41, 5.74) is 1.18. The summed E-state index contributed by atoms with van der Waals surface area (Å²) in [5, 5.41) is 0. The average molecular weight is 127 g/mol. The van der Waals surface area contributed by atoms with Gasteiger partial charge in [0, 0.05) is 0 Å². The average Bonchev–Trinajstić information content (AvgIpc) is 1.80. The van der Waals surface area contributed by atoms with Crippen molar-refractivity contribution in [3.63, 3.8) is 0 Å². The molecule has 0 fully saturated rings. The molecule has 0 bridgehead atoms. The zero-order valence-corrected chi connectivity index (χ0v) is 6.31. The Hall–Kier alpha value is -0.300. The molecule has 0 spiro atoms. The lowest BCUT2D eigenvalue weighted by molar-refractivity contribution is 0.198. The van der Waals surface area contributed by atoms with Crippen LogP contribution in [0.5, 0.6) is 0 Å². The molecule has 1 radical (unpaired) electrons. The first-order chi connectivity index (χ1) is 4.27. The molecule has 0 aromatic carbocycles. The lowest BCUT2D eigenvalue weighted by Crippen LogP contribution is -1.90. The molecule has 53 valence electrons. The lowest BCUT2D eigenvalue weighted by Gasteiger charge is -1.99. The van der Waals surface area contributed by atoms with Crippen LogP contribution in [0.2, 0.25) is 0 Å². The van der Waals surface area contributed by atoms with Gasteiger partial charge in [0.25, 0.3) is 0 Å². The molecule has 0 aromatic heterocycles. The van der Waals surface area contributed by atoms with Gasteiger partial charge in [0.2, 0.25) is 0 Å². The first-order valence-corrected chi connectivity index (χ1v) is 3.35. The molecule has 0 atom stereocenters. The van der Waals surface area contributed by atoms with Crippen LogP contribution in [0.1, 0.15) is 26.7 Å². The maximum absolute atomic E-state index is 5.11. The van der Waals surface area contributed by atoms with Crippen molar-refractivity contribution in [2.45, 2.75) is 26.7 Å². The van der Waals surface area contributed by atoms with Gasteiger partial charge in [-0.3, -0.25) is 0 Å². The molecule has 9 heavy (non-hydrogen) atoms. The van der Waals surface area contributed by atoms with E-state index >= 15 is 0 Å². The molecule has 0 saturated carbocycles. The Balaban J connectivity index is 2.83. The zero-order valence-electron chi connectivity index (χ0n) is 6.31. The Labute approximate surface area is 57.7 Å². The molecular weight excluding hydrogens is 112 g/mol. The Morgan fingerprint density at radius 2 is 2.33 bits per heavy atom. The van der Waals surface area contributed by atoms with E-state index in [1.165, 1.54) is 5.57 Å². The van der Waals surface area contributed by atoms with E-state index < -0.39 is 0 Å². The standard InChI is InChI=1S/C8H15O/c1-4-6-9-7-5-8(2)3/h6H,2,4-5,7H2,1,3H3. The topological polar surface area (TPSA) is 9.23 Å². The molecule has 0 rings (SSSR count). The molecule has 0 aliphatic carbocycles. The summed E-state index contributed by atoms with van der Waals surface area (Å²) in [6, 6.07) is 0. The summed E-state index contributed by atoms with van der Waals surface area (Å²) in [6.45, 7) is 10.4. The van der Waals surface area contributed by atoms with Crippen LogP contribution in [-0.2, 0) is 4.74 Å². The molecule has 0 heterocycles. The van der Waals surface area contributed by atoms with Crippen LogP contribution in [0.15, 0.2) is 12.2 Å². The summed E-state index contributed by atoms with van der Waals surface area (Å²) in [4.78, 5) is 0. The largest absolute Gasteiger partial charge is 0.375 e. The minimum absolute atomic E-state index is 0.781. The second-order valence-electron chi connectivity index (χ2n) is 2.15. The Bertz CT molecular complexity index is 76.6. The predicted octanol–water partition coefficient (Wildman–Crippen LogP) is 2.54. The molecular formula is C8H15O. The SMILES string of the molecule is C=C(C)CCO[CH]CC. The van der Waals surface area contributed by atoms with Crippen molar-refractivity contribution < 1.29 is 4.74 Å². The maximum Gasteiger partial charge on any atom is 0.0834 e. The molecule has 0 aromatic rings. The summed E-state index contributed by atoms with van der Waals surface area (Å²) < 4.78 is 5.11. The number of hydrogen-bond acceptors (Lipinski definition) is 1. The minimum atomic E-state index is 0.781. The molecule has 0 saturated heterocycles. The molecule has 0 unspecified atom stereocenters. The van der Waals surface area contributed by atoms with E-state index in [-0.39, 0.29) is 0 Å². The van der Waals surface area contributed by atoms with Crippen molar-refractivity contribution in [3.8, 4) is 0 Å². The zero-order chi connectivity index (χ0) is 7.11. The van der Waals surface area contributed by atoms with Gasteiger partial charge in [0.15, 0.2) is 0 Å². The van der Waals surface area contributed by atoms with Gasteiger partial charge in [-0.05, 0) is 19.8 Å². The van der Waals surface area contributed by atoms with Crippen molar-refractivity contribution in [3.05, 3.63) is 18.8 Å². The van der Waals surface area contributed by atoms with Gasteiger partial charge in [0.05, 0.1) is 13.2 Å². The first-order valence-electron chi connectivity index (χ1n) is 3.35. The Morgan fingerprint density at radius 3 is 2.78 bits per heavy atom. The molecule has 1 nitrogen and oxygen atoms in total. The highest BCUT2D eigenvalue weighted by atomic mass is 16.5. The summed E-state index contributed by atoms with van der Waals surface area (Å²) >= 11 is 0. The molecule has 0 N–H and O–H groups in total. The van der Waals surface area contributed by atoms with Crippen LogP contribution in [0, 0.1) is 6.61 Å². The quantitative estimate of drug-likeness (QED) is 0.407. The normalized spacial score (nSPS) is 9.56. The Kier molecular flexibility index (Phi) is 5.64. The highest BCUT2D eigenvalue weighted by Gasteiger charge is 1.86. The molecule has 1 heteroatoms. The van der Waals surface area contributed by atoms with Crippen LogP contribution in [0.25, 0.3) is 0 Å². The molecule has 0 amide bonds. The van der Waals surface area contributed by atoms with Gasteiger partial charge in [-0.25, -0.2) is 0 Å². The third-order valence-corrected chi connectivity index (χ3v) is 0.931. The van der Waals surface area contributed by atoms with E-state index in [0.29, 0.717) is 0 Å².